The molecule has 0 aromatic heterocycles. The van der Waals surface area contributed by atoms with Crippen LogP contribution in [0.15, 0.2) is 16.6 Å². The van der Waals surface area contributed by atoms with Gasteiger partial charge in [0.1, 0.15) is 0 Å². The number of halogens is 1. The first-order valence-corrected chi connectivity index (χ1v) is 6.24. The number of ether oxygens (including phenoxy) is 2. The molecule has 0 aliphatic carbocycles. The summed E-state index contributed by atoms with van der Waals surface area (Å²) in [5.74, 6) is 7.86. The molecule has 0 fully saturated rings. The fourth-order valence-corrected chi connectivity index (χ4v) is 2.33. The highest BCUT2D eigenvalue weighted by Crippen LogP contribution is 2.37. The van der Waals surface area contributed by atoms with Crippen molar-refractivity contribution in [2.24, 2.45) is 0 Å². The summed E-state index contributed by atoms with van der Waals surface area (Å²) >= 11 is 3.56. The smallest absolute Gasteiger partial charge is 0.161 e. The lowest BCUT2D eigenvalue weighted by molar-refractivity contribution is 0.354. The zero-order chi connectivity index (χ0) is 12.8. The topological polar surface area (TPSA) is 18.5 Å². The molecule has 1 aromatic carbocycles. The van der Waals surface area contributed by atoms with E-state index in [1.807, 2.05) is 19.1 Å². The van der Waals surface area contributed by atoms with E-state index in [1.165, 1.54) is 5.56 Å². The highest BCUT2D eigenvalue weighted by Gasteiger charge is 2.13. The van der Waals surface area contributed by atoms with Gasteiger partial charge in [0.05, 0.1) is 14.2 Å². The lowest BCUT2D eigenvalue weighted by atomic mass is 9.97. The first-order valence-electron chi connectivity index (χ1n) is 5.45. The zero-order valence-corrected chi connectivity index (χ0v) is 12.2. The van der Waals surface area contributed by atoms with E-state index in [2.05, 4.69) is 34.7 Å². The number of hydrogen-bond acceptors (Lipinski definition) is 2. The van der Waals surface area contributed by atoms with Gasteiger partial charge in [-0.05, 0) is 30.5 Å². The Morgan fingerprint density at radius 1 is 1.24 bits per heavy atom. The normalized spacial score (nSPS) is 11.4. The average Bonchev–Trinajstić information content (AvgIpc) is 2.35. The monoisotopic (exact) mass is 296 g/mol. The molecule has 1 rings (SSSR count). The van der Waals surface area contributed by atoms with E-state index in [9.17, 15) is 0 Å². The van der Waals surface area contributed by atoms with Crippen molar-refractivity contribution in [2.75, 3.05) is 14.2 Å². The second kappa shape index (κ2) is 6.56. The summed E-state index contributed by atoms with van der Waals surface area (Å²) in [4.78, 5) is 0. The Bertz CT molecular complexity index is 444. The fraction of sp³-hybridized carbons (Fsp3) is 0.429. The molecule has 92 valence electrons. The summed E-state index contributed by atoms with van der Waals surface area (Å²) in [6, 6.07) is 3.94. The second-order valence-corrected chi connectivity index (χ2v) is 4.61. The van der Waals surface area contributed by atoms with Gasteiger partial charge in [0, 0.05) is 10.9 Å². The Balaban J connectivity index is 3.10. The van der Waals surface area contributed by atoms with Gasteiger partial charge in [-0.15, -0.1) is 11.8 Å². The van der Waals surface area contributed by atoms with Crippen molar-refractivity contribution in [3.63, 3.8) is 0 Å². The molecule has 0 amide bonds. The summed E-state index contributed by atoms with van der Waals surface area (Å²) < 4.78 is 11.6. The molecule has 0 aliphatic rings. The van der Waals surface area contributed by atoms with Crippen molar-refractivity contribution in [3.8, 4) is 23.3 Å². The second-order valence-electron chi connectivity index (χ2n) is 3.76. The number of hydrogen-bond donors (Lipinski definition) is 0. The van der Waals surface area contributed by atoms with E-state index < -0.39 is 0 Å². The summed E-state index contributed by atoms with van der Waals surface area (Å²) in [5, 5.41) is 0. The molecule has 0 heterocycles. The van der Waals surface area contributed by atoms with Crippen molar-refractivity contribution in [2.45, 2.75) is 26.2 Å². The van der Waals surface area contributed by atoms with Crippen LogP contribution in [0.3, 0.4) is 0 Å². The largest absolute Gasteiger partial charge is 0.493 e. The number of methoxy groups -OCH3 is 2. The zero-order valence-electron chi connectivity index (χ0n) is 10.6. The summed E-state index contributed by atoms with van der Waals surface area (Å²) in [6.45, 7) is 4.01. The van der Waals surface area contributed by atoms with E-state index in [0.717, 1.165) is 22.4 Å². The van der Waals surface area contributed by atoms with Crippen LogP contribution in [0.2, 0.25) is 0 Å². The minimum atomic E-state index is 0.358. The maximum Gasteiger partial charge on any atom is 0.161 e. The molecule has 0 aliphatic heterocycles. The quantitative estimate of drug-likeness (QED) is 0.783. The maximum atomic E-state index is 5.30. The van der Waals surface area contributed by atoms with Crippen molar-refractivity contribution in [1.29, 1.82) is 0 Å². The van der Waals surface area contributed by atoms with Crippen molar-refractivity contribution < 1.29 is 9.47 Å². The van der Waals surface area contributed by atoms with Gasteiger partial charge in [-0.1, -0.05) is 22.9 Å². The van der Waals surface area contributed by atoms with Crippen LogP contribution in [0.1, 0.15) is 31.7 Å². The minimum Gasteiger partial charge on any atom is -0.493 e. The van der Waals surface area contributed by atoms with E-state index in [-0.39, 0.29) is 0 Å². The predicted octanol–water partition coefficient (Wildman–Crippen LogP) is 3.98. The maximum absolute atomic E-state index is 5.30. The summed E-state index contributed by atoms with van der Waals surface area (Å²) in [5.41, 5.74) is 1.19. The first-order chi connectivity index (χ1) is 8.13. The van der Waals surface area contributed by atoms with Crippen LogP contribution >= 0.6 is 15.9 Å². The molecule has 2 nitrogen and oxygen atoms in total. The standard InChI is InChI=1S/C14H17BrO2/c1-5-6-7-10(2)11-8-13(16-3)14(17-4)9-12(11)15/h8-10H,7H2,1-4H3. The number of benzene rings is 1. The molecular formula is C14H17BrO2. The van der Waals surface area contributed by atoms with Gasteiger partial charge in [0.2, 0.25) is 0 Å². The van der Waals surface area contributed by atoms with Crippen molar-refractivity contribution in [3.05, 3.63) is 22.2 Å². The van der Waals surface area contributed by atoms with Crippen LogP contribution < -0.4 is 9.47 Å². The molecule has 1 aromatic rings. The molecule has 0 bridgehead atoms. The highest BCUT2D eigenvalue weighted by atomic mass is 79.9. The van der Waals surface area contributed by atoms with Gasteiger partial charge < -0.3 is 9.47 Å². The molecule has 3 heteroatoms. The van der Waals surface area contributed by atoms with Crippen molar-refractivity contribution in [1.82, 2.24) is 0 Å². The molecule has 0 N–H and O–H groups in total. The van der Waals surface area contributed by atoms with Gasteiger partial charge in [-0.2, -0.15) is 0 Å². The van der Waals surface area contributed by atoms with Gasteiger partial charge in [-0.3, -0.25) is 0 Å². The Morgan fingerprint density at radius 3 is 2.35 bits per heavy atom. The molecule has 1 atom stereocenters. The third-order valence-electron chi connectivity index (χ3n) is 2.62. The van der Waals surface area contributed by atoms with Gasteiger partial charge in [-0.25, -0.2) is 0 Å². The van der Waals surface area contributed by atoms with Crippen LogP contribution in [-0.2, 0) is 0 Å². The average molecular weight is 297 g/mol. The van der Waals surface area contributed by atoms with Crippen LogP contribution in [0.4, 0.5) is 0 Å². The van der Waals surface area contributed by atoms with Crippen LogP contribution in [0.25, 0.3) is 0 Å². The van der Waals surface area contributed by atoms with E-state index in [0.29, 0.717) is 5.92 Å². The van der Waals surface area contributed by atoms with Gasteiger partial charge >= 0.3 is 0 Å². The minimum absolute atomic E-state index is 0.358. The lowest BCUT2D eigenvalue weighted by Gasteiger charge is -2.15. The van der Waals surface area contributed by atoms with Crippen LogP contribution in [-0.4, -0.2) is 14.2 Å². The predicted molar refractivity (Wildman–Crippen MR) is 73.7 cm³/mol. The van der Waals surface area contributed by atoms with Crippen molar-refractivity contribution >= 4 is 15.9 Å². The Kier molecular flexibility index (Phi) is 5.37. The Morgan fingerprint density at radius 2 is 1.82 bits per heavy atom. The lowest BCUT2D eigenvalue weighted by Crippen LogP contribution is -1.97. The fourth-order valence-electron chi connectivity index (χ4n) is 1.61. The first kappa shape index (κ1) is 13.9. The van der Waals surface area contributed by atoms with E-state index >= 15 is 0 Å². The third kappa shape index (κ3) is 3.41. The summed E-state index contributed by atoms with van der Waals surface area (Å²) in [7, 11) is 3.28. The molecule has 0 saturated heterocycles. The van der Waals surface area contributed by atoms with E-state index in [4.69, 9.17) is 9.47 Å². The molecule has 0 saturated carbocycles. The molecular weight excluding hydrogens is 280 g/mol. The van der Waals surface area contributed by atoms with E-state index in [1.54, 1.807) is 14.2 Å². The number of rotatable bonds is 4. The molecule has 0 radical (unpaired) electrons. The van der Waals surface area contributed by atoms with Crippen LogP contribution in [0, 0.1) is 11.8 Å². The van der Waals surface area contributed by atoms with Crippen LogP contribution in [0.5, 0.6) is 11.5 Å². The summed E-state index contributed by atoms with van der Waals surface area (Å²) in [6.07, 6.45) is 0.838. The van der Waals surface area contributed by atoms with Gasteiger partial charge in [0.25, 0.3) is 0 Å². The molecule has 0 spiro atoms. The third-order valence-corrected chi connectivity index (χ3v) is 3.31. The molecule has 17 heavy (non-hydrogen) atoms. The molecule has 1 unspecified atom stereocenters. The van der Waals surface area contributed by atoms with Gasteiger partial charge in [0.15, 0.2) is 11.5 Å². The SMILES string of the molecule is CC#CCC(C)c1cc(OC)c(OC)cc1Br. The highest BCUT2D eigenvalue weighted by molar-refractivity contribution is 9.10. The Hall–Kier alpha value is -1.14. The Labute approximate surface area is 111 Å².